The van der Waals surface area contributed by atoms with E-state index < -0.39 is 0 Å². The van der Waals surface area contributed by atoms with E-state index in [0.29, 0.717) is 5.69 Å². The minimum Gasteiger partial charge on any atom is -0.469 e. The standard InChI is InChI=1S/C13H15N3O3S/c1-19-10(17)6-7-14-12(18)11-9-5-3-4-8-16(9)13(15-11)20-2/h3-5,8H,6-7H2,1-2H3,(H,14,18). The molecule has 0 unspecified atom stereocenters. The Morgan fingerprint density at radius 3 is 2.95 bits per heavy atom. The lowest BCUT2D eigenvalue weighted by molar-refractivity contribution is -0.140. The highest BCUT2D eigenvalue weighted by atomic mass is 32.2. The van der Waals surface area contributed by atoms with Crippen molar-refractivity contribution in [2.75, 3.05) is 19.9 Å². The van der Waals surface area contributed by atoms with E-state index in [-0.39, 0.29) is 24.8 Å². The highest BCUT2D eigenvalue weighted by Crippen LogP contribution is 2.19. The number of nitrogens with one attached hydrogen (secondary N) is 1. The Morgan fingerprint density at radius 2 is 2.25 bits per heavy atom. The summed E-state index contributed by atoms with van der Waals surface area (Å²) in [5.41, 5.74) is 1.10. The predicted molar refractivity (Wildman–Crippen MR) is 75.9 cm³/mol. The molecule has 2 aromatic rings. The van der Waals surface area contributed by atoms with Gasteiger partial charge in [-0.3, -0.25) is 14.0 Å². The summed E-state index contributed by atoms with van der Waals surface area (Å²) in [6.45, 7) is 0.228. The van der Waals surface area contributed by atoms with Gasteiger partial charge in [-0.15, -0.1) is 0 Å². The molecule has 0 fully saturated rings. The van der Waals surface area contributed by atoms with Gasteiger partial charge in [0.25, 0.3) is 5.91 Å². The molecule has 20 heavy (non-hydrogen) atoms. The Bertz CT molecular complexity index is 639. The summed E-state index contributed by atoms with van der Waals surface area (Å²) in [5.74, 6) is -0.650. The fraction of sp³-hybridized carbons (Fsp3) is 0.308. The number of fused-ring (bicyclic) bond motifs is 1. The first-order valence-corrected chi connectivity index (χ1v) is 7.26. The van der Waals surface area contributed by atoms with E-state index in [4.69, 9.17) is 0 Å². The molecular weight excluding hydrogens is 278 g/mol. The van der Waals surface area contributed by atoms with Gasteiger partial charge in [-0.25, -0.2) is 4.98 Å². The van der Waals surface area contributed by atoms with Crippen LogP contribution in [-0.2, 0) is 9.53 Å². The Kier molecular flexibility index (Phi) is 4.62. The molecule has 1 amide bonds. The van der Waals surface area contributed by atoms with E-state index in [0.717, 1.165) is 10.7 Å². The number of carbonyl (C=O) groups excluding carboxylic acids is 2. The topological polar surface area (TPSA) is 72.7 Å². The van der Waals surface area contributed by atoms with Gasteiger partial charge < -0.3 is 10.1 Å². The van der Waals surface area contributed by atoms with Crippen LogP contribution in [0.25, 0.3) is 5.52 Å². The van der Waals surface area contributed by atoms with Gasteiger partial charge in [-0.1, -0.05) is 17.8 Å². The molecule has 2 rings (SSSR count). The van der Waals surface area contributed by atoms with Gasteiger partial charge in [0.2, 0.25) is 0 Å². The molecule has 0 radical (unpaired) electrons. The maximum absolute atomic E-state index is 12.1. The number of esters is 1. The molecule has 0 spiro atoms. The molecule has 2 aromatic heterocycles. The van der Waals surface area contributed by atoms with Gasteiger partial charge >= 0.3 is 5.97 Å². The summed E-state index contributed by atoms with van der Waals surface area (Å²) < 4.78 is 6.38. The van der Waals surface area contributed by atoms with Crippen molar-refractivity contribution in [2.24, 2.45) is 0 Å². The first-order valence-electron chi connectivity index (χ1n) is 6.03. The SMILES string of the molecule is COC(=O)CCNC(=O)c1nc(SC)n2ccccc12. The predicted octanol–water partition coefficient (Wildman–Crippen LogP) is 1.35. The van der Waals surface area contributed by atoms with Crippen molar-refractivity contribution in [3.05, 3.63) is 30.1 Å². The van der Waals surface area contributed by atoms with E-state index in [9.17, 15) is 9.59 Å². The van der Waals surface area contributed by atoms with Crippen LogP contribution in [0.3, 0.4) is 0 Å². The van der Waals surface area contributed by atoms with Crippen LogP contribution < -0.4 is 5.32 Å². The van der Waals surface area contributed by atoms with Gasteiger partial charge in [-0.05, 0) is 18.4 Å². The van der Waals surface area contributed by atoms with Crippen molar-refractivity contribution in [1.82, 2.24) is 14.7 Å². The van der Waals surface area contributed by atoms with Crippen molar-refractivity contribution >= 4 is 29.2 Å². The lowest BCUT2D eigenvalue weighted by Gasteiger charge is -2.02. The molecule has 0 atom stereocenters. The molecular formula is C13H15N3O3S. The van der Waals surface area contributed by atoms with Crippen molar-refractivity contribution in [2.45, 2.75) is 11.6 Å². The molecule has 0 aliphatic heterocycles. The van der Waals surface area contributed by atoms with Crippen LogP contribution in [0.5, 0.6) is 0 Å². The number of hydrogen-bond donors (Lipinski definition) is 1. The fourth-order valence-electron chi connectivity index (χ4n) is 1.78. The minimum absolute atomic E-state index is 0.142. The number of nitrogens with zero attached hydrogens (tertiary/aromatic N) is 2. The Labute approximate surface area is 120 Å². The summed E-state index contributed by atoms with van der Waals surface area (Å²) in [4.78, 5) is 27.4. The van der Waals surface area contributed by atoms with Crippen LogP contribution in [-0.4, -0.2) is 41.2 Å². The number of thioether (sulfide) groups is 1. The van der Waals surface area contributed by atoms with Gasteiger partial charge in [0.1, 0.15) is 0 Å². The summed E-state index contributed by atoms with van der Waals surface area (Å²) in [5, 5.41) is 3.42. The number of rotatable bonds is 5. The molecule has 0 aliphatic carbocycles. The number of aromatic nitrogens is 2. The van der Waals surface area contributed by atoms with E-state index in [2.05, 4.69) is 15.0 Å². The van der Waals surface area contributed by atoms with Gasteiger partial charge in [-0.2, -0.15) is 0 Å². The number of hydrogen-bond acceptors (Lipinski definition) is 5. The van der Waals surface area contributed by atoms with E-state index in [1.807, 2.05) is 35.1 Å². The van der Waals surface area contributed by atoms with Crippen LogP contribution in [0.2, 0.25) is 0 Å². The van der Waals surface area contributed by atoms with Crippen LogP contribution >= 0.6 is 11.8 Å². The highest BCUT2D eigenvalue weighted by Gasteiger charge is 2.16. The highest BCUT2D eigenvalue weighted by molar-refractivity contribution is 7.98. The number of methoxy groups -OCH3 is 1. The lowest BCUT2D eigenvalue weighted by Crippen LogP contribution is -2.26. The van der Waals surface area contributed by atoms with Crippen LogP contribution in [0.15, 0.2) is 29.6 Å². The maximum atomic E-state index is 12.1. The van der Waals surface area contributed by atoms with Gasteiger partial charge in [0.05, 0.1) is 19.0 Å². The molecule has 0 aliphatic rings. The van der Waals surface area contributed by atoms with E-state index in [1.54, 1.807) is 0 Å². The number of carbonyl (C=O) groups is 2. The van der Waals surface area contributed by atoms with Crippen molar-refractivity contribution < 1.29 is 14.3 Å². The molecule has 2 heterocycles. The first kappa shape index (κ1) is 14.4. The zero-order chi connectivity index (χ0) is 14.5. The van der Waals surface area contributed by atoms with Crippen molar-refractivity contribution in [1.29, 1.82) is 0 Å². The second-order valence-electron chi connectivity index (χ2n) is 3.99. The Morgan fingerprint density at radius 1 is 1.45 bits per heavy atom. The largest absolute Gasteiger partial charge is 0.469 e. The first-order chi connectivity index (χ1) is 9.67. The molecule has 106 valence electrons. The smallest absolute Gasteiger partial charge is 0.307 e. The second kappa shape index (κ2) is 6.42. The minimum atomic E-state index is -0.357. The molecule has 6 nitrogen and oxygen atoms in total. The third-order valence-corrected chi connectivity index (χ3v) is 3.41. The summed E-state index contributed by atoms with van der Waals surface area (Å²) in [6.07, 6.45) is 3.91. The van der Waals surface area contributed by atoms with Crippen molar-refractivity contribution in [3.63, 3.8) is 0 Å². The van der Waals surface area contributed by atoms with E-state index >= 15 is 0 Å². The van der Waals surface area contributed by atoms with Gasteiger partial charge in [0.15, 0.2) is 10.9 Å². The molecule has 0 aromatic carbocycles. The monoisotopic (exact) mass is 293 g/mol. The normalized spacial score (nSPS) is 10.5. The fourth-order valence-corrected chi connectivity index (χ4v) is 2.32. The number of imidazole rings is 1. The quantitative estimate of drug-likeness (QED) is 0.665. The maximum Gasteiger partial charge on any atom is 0.307 e. The second-order valence-corrected chi connectivity index (χ2v) is 4.76. The van der Waals surface area contributed by atoms with Crippen molar-refractivity contribution in [3.8, 4) is 0 Å². The van der Waals surface area contributed by atoms with Gasteiger partial charge in [0, 0.05) is 12.7 Å². The third-order valence-electron chi connectivity index (χ3n) is 2.76. The average Bonchev–Trinajstić information content (AvgIpc) is 2.85. The lowest BCUT2D eigenvalue weighted by atomic mass is 10.3. The molecule has 1 N–H and O–H groups in total. The number of ether oxygens (including phenoxy) is 1. The Hall–Kier alpha value is -2.02. The number of pyridine rings is 1. The van der Waals surface area contributed by atoms with E-state index in [1.165, 1.54) is 18.9 Å². The average molecular weight is 293 g/mol. The zero-order valence-corrected chi connectivity index (χ0v) is 12.1. The zero-order valence-electron chi connectivity index (χ0n) is 11.3. The summed E-state index contributed by atoms with van der Waals surface area (Å²) in [7, 11) is 1.32. The molecule has 0 saturated carbocycles. The van der Waals surface area contributed by atoms with Crippen LogP contribution in [0.4, 0.5) is 0 Å². The summed E-state index contributed by atoms with van der Waals surface area (Å²) in [6, 6.07) is 5.57. The third kappa shape index (κ3) is 2.93. The molecule has 0 saturated heterocycles. The number of amides is 1. The molecule has 0 bridgehead atoms. The Balaban J connectivity index is 2.16. The van der Waals surface area contributed by atoms with Crippen LogP contribution in [0, 0.1) is 0 Å². The summed E-state index contributed by atoms with van der Waals surface area (Å²) >= 11 is 1.47. The van der Waals surface area contributed by atoms with Crippen LogP contribution in [0.1, 0.15) is 16.9 Å². The molecule has 7 heteroatoms.